The van der Waals surface area contributed by atoms with Gasteiger partial charge in [0.15, 0.2) is 5.11 Å². The molecule has 1 saturated heterocycles. The number of thiocarbonyl (C=S) groups is 1. The third-order valence-electron chi connectivity index (χ3n) is 6.56. The summed E-state index contributed by atoms with van der Waals surface area (Å²) in [6.45, 7) is 2.19. The summed E-state index contributed by atoms with van der Waals surface area (Å²) in [5.41, 5.74) is 2.12. The molecule has 3 atom stereocenters. The van der Waals surface area contributed by atoms with Gasteiger partial charge in [0.05, 0.1) is 0 Å². The van der Waals surface area contributed by atoms with Crippen molar-refractivity contribution in [3.05, 3.63) is 0 Å². The van der Waals surface area contributed by atoms with Crippen LogP contribution in [-0.2, 0) is 4.79 Å². The number of imide groups is 1. The lowest BCUT2D eigenvalue weighted by molar-refractivity contribution is -0.133. The number of urea groups is 1. The van der Waals surface area contributed by atoms with Gasteiger partial charge in [-0.3, -0.25) is 10.2 Å². The van der Waals surface area contributed by atoms with Crippen LogP contribution in [0.15, 0.2) is 0 Å². The number of hydrazine groups is 1. The lowest BCUT2D eigenvalue weighted by Crippen LogP contribution is -2.55. The second kappa shape index (κ2) is 5.86. The van der Waals surface area contributed by atoms with Gasteiger partial charge in [-0.05, 0) is 74.9 Å². The first-order valence-corrected chi connectivity index (χ1v) is 9.61. The van der Waals surface area contributed by atoms with Crippen LogP contribution in [-0.4, -0.2) is 33.6 Å². The number of nitrogens with one attached hydrogen (secondary N) is 3. The number of hydrogen-bond donors (Lipinski definition) is 3. The monoisotopic (exact) mass is 350 g/mol. The van der Waals surface area contributed by atoms with Crippen molar-refractivity contribution in [3.63, 3.8) is 0 Å². The molecule has 0 aromatic rings. The van der Waals surface area contributed by atoms with Crippen LogP contribution in [0.25, 0.3) is 0 Å². The van der Waals surface area contributed by atoms with E-state index < -0.39 is 5.54 Å². The fourth-order valence-corrected chi connectivity index (χ4v) is 5.28. The molecule has 3 amide bonds. The van der Waals surface area contributed by atoms with Crippen LogP contribution in [0.1, 0.15) is 58.3 Å². The van der Waals surface area contributed by atoms with E-state index in [9.17, 15) is 9.59 Å². The van der Waals surface area contributed by atoms with Crippen LogP contribution < -0.4 is 16.1 Å². The summed E-state index contributed by atoms with van der Waals surface area (Å²) in [7, 11) is 0. The van der Waals surface area contributed by atoms with Crippen molar-refractivity contribution in [3.8, 4) is 0 Å². The molecule has 0 radical (unpaired) electrons. The van der Waals surface area contributed by atoms with Gasteiger partial charge in [-0.15, -0.1) is 0 Å². The summed E-state index contributed by atoms with van der Waals surface area (Å²) in [5, 5.41) is 7.69. The van der Waals surface area contributed by atoms with Gasteiger partial charge < -0.3 is 10.6 Å². The molecule has 1 aliphatic heterocycles. The van der Waals surface area contributed by atoms with E-state index in [0.29, 0.717) is 35.8 Å². The highest BCUT2D eigenvalue weighted by Crippen LogP contribution is 2.44. The second-order valence-electron chi connectivity index (χ2n) is 8.20. The fourth-order valence-electron chi connectivity index (χ4n) is 5.04. The van der Waals surface area contributed by atoms with Crippen molar-refractivity contribution < 1.29 is 9.59 Å². The number of amides is 3. The topological polar surface area (TPSA) is 73.5 Å². The average molecular weight is 350 g/mol. The molecule has 3 aliphatic carbocycles. The van der Waals surface area contributed by atoms with Crippen LogP contribution in [0.4, 0.5) is 4.79 Å². The van der Waals surface area contributed by atoms with E-state index in [-0.39, 0.29) is 11.9 Å². The number of hydrogen-bond acceptors (Lipinski definition) is 3. The molecule has 1 heterocycles. The minimum absolute atomic E-state index is 0.184. The number of carbonyl (C=O) groups is 2. The largest absolute Gasteiger partial charge is 0.358 e. The first-order chi connectivity index (χ1) is 11.5. The second-order valence-corrected chi connectivity index (χ2v) is 8.61. The Labute approximate surface area is 148 Å². The summed E-state index contributed by atoms with van der Waals surface area (Å²) in [6, 6.07) is 0.000604. The van der Waals surface area contributed by atoms with Crippen LogP contribution >= 0.6 is 12.2 Å². The molecule has 132 valence electrons. The predicted molar refractivity (Wildman–Crippen MR) is 93.8 cm³/mol. The molecule has 4 rings (SSSR count). The smallest absolute Gasteiger partial charge is 0.344 e. The standard InChI is InChI=1S/C17H26N4O2S/c1-10-4-6-17(7-5-10)14(22)21(16(23)19-17)20-15(24)18-13-9-11-2-3-12(13)8-11/h10-13H,2-9H2,1H3,(H,19,23)(H2,18,20,24)/t10?,11-,12+,13-,17?/m1/s1. The maximum atomic E-state index is 12.8. The Morgan fingerprint density at radius 3 is 2.58 bits per heavy atom. The number of rotatable bonds is 2. The number of nitrogens with zero attached hydrogens (tertiary/aromatic N) is 1. The zero-order chi connectivity index (χ0) is 16.9. The van der Waals surface area contributed by atoms with Gasteiger partial charge >= 0.3 is 6.03 Å². The molecule has 6 nitrogen and oxygen atoms in total. The van der Waals surface area contributed by atoms with Crippen molar-refractivity contribution in [1.82, 2.24) is 21.1 Å². The van der Waals surface area contributed by atoms with Crippen LogP contribution in [0.2, 0.25) is 0 Å². The van der Waals surface area contributed by atoms with Gasteiger partial charge in [-0.2, -0.15) is 5.01 Å². The average Bonchev–Trinajstić information content (AvgIpc) is 3.21. The van der Waals surface area contributed by atoms with E-state index in [4.69, 9.17) is 12.2 Å². The Kier molecular flexibility index (Phi) is 3.94. The maximum absolute atomic E-state index is 12.8. The molecular formula is C17H26N4O2S. The number of carbonyl (C=O) groups excluding carboxylic acids is 2. The normalized spacial score (nSPS) is 41.0. The Morgan fingerprint density at radius 2 is 1.96 bits per heavy atom. The molecule has 7 heteroatoms. The third-order valence-corrected chi connectivity index (χ3v) is 6.77. The first-order valence-electron chi connectivity index (χ1n) is 9.21. The van der Waals surface area contributed by atoms with E-state index >= 15 is 0 Å². The van der Waals surface area contributed by atoms with E-state index in [2.05, 4.69) is 23.0 Å². The van der Waals surface area contributed by atoms with Crippen LogP contribution in [0.3, 0.4) is 0 Å². The highest BCUT2D eigenvalue weighted by atomic mass is 32.1. The van der Waals surface area contributed by atoms with Gasteiger partial charge in [-0.1, -0.05) is 13.3 Å². The van der Waals surface area contributed by atoms with E-state index in [0.717, 1.165) is 30.2 Å². The predicted octanol–water partition coefficient (Wildman–Crippen LogP) is 2.05. The summed E-state index contributed by atoms with van der Waals surface area (Å²) in [5.74, 6) is 1.93. The quantitative estimate of drug-likeness (QED) is 0.525. The van der Waals surface area contributed by atoms with E-state index in [1.54, 1.807) is 0 Å². The Hall–Kier alpha value is -1.37. The highest BCUT2D eigenvalue weighted by Gasteiger charge is 2.52. The van der Waals surface area contributed by atoms with Crippen molar-refractivity contribution in [2.45, 2.75) is 69.9 Å². The molecule has 4 aliphatic rings. The van der Waals surface area contributed by atoms with Gasteiger partial charge in [0, 0.05) is 6.04 Å². The molecule has 3 N–H and O–H groups in total. The maximum Gasteiger partial charge on any atom is 0.344 e. The van der Waals surface area contributed by atoms with Crippen molar-refractivity contribution in [1.29, 1.82) is 0 Å². The van der Waals surface area contributed by atoms with Gasteiger partial charge in [0.25, 0.3) is 5.91 Å². The Morgan fingerprint density at radius 1 is 1.21 bits per heavy atom. The molecule has 4 fully saturated rings. The minimum atomic E-state index is -0.724. The zero-order valence-electron chi connectivity index (χ0n) is 14.1. The molecule has 1 spiro atoms. The van der Waals surface area contributed by atoms with E-state index in [1.165, 1.54) is 19.3 Å². The SMILES string of the molecule is CC1CCC2(CC1)NC(=O)N(NC(=S)N[C@@H]1C[C@@H]3CC[C@H]1C3)C2=O. The fraction of sp³-hybridized carbons (Fsp3) is 0.824. The van der Waals surface area contributed by atoms with Crippen LogP contribution in [0, 0.1) is 17.8 Å². The molecule has 0 aromatic carbocycles. The number of fused-ring (bicyclic) bond motifs is 2. The minimum Gasteiger partial charge on any atom is -0.358 e. The highest BCUT2D eigenvalue weighted by molar-refractivity contribution is 7.80. The molecule has 0 unspecified atom stereocenters. The summed E-state index contributed by atoms with van der Waals surface area (Å²) in [6.07, 6.45) is 8.37. The lowest BCUT2D eigenvalue weighted by Gasteiger charge is -2.33. The molecular weight excluding hydrogens is 324 g/mol. The molecule has 3 saturated carbocycles. The van der Waals surface area contributed by atoms with Crippen molar-refractivity contribution in [2.24, 2.45) is 17.8 Å². The molecule has 2 bridgehead atoms. The van der Waals surface area contributed by atoms with Gasteiger partial charge in [0.1, 0.15) is 5.54 Å². The summed E-state index contributed by atoms with van der Waals surface area (Å²) in [4.78, 5) is 25.1. The Balaban J connectivity index is 1.36. The van der Waals surface area contributed by atoms with Gasteiger partial charge in [0.2, 0.25) is 0 Å². The summed E-state index contributed by atoms with van der Waals surface area (Å²) >= 11 is 5.36. The zero-order valence-corrected chi connectivity index (χ0v) is 15.0. The van der Waals surface area contributed by atoms with Crippen molar-refractivity contribution >= 4 is 29.3 Å². The van der Waals surface area contributed by atoms with E-state index in [1.807, 2.05) is 0 Å². The van der Waals surface area contributed by atoms with Crippen molar-refractivity contribution in [2.75, 3.05) is 0 Å². The van der Waals surface area contributed by atoms with Gasteiger partial charge in [-0.25, -0.2) is 4.79 Å². The first kappa shape index (κ1) is 16.1. The molecule has 0 aromatic heterocycles. The lowest BCUT2D eigenvalue weighted by atomic mass is 9.77. The summed E-state index contributed by atoms with van der Waals surface area (Å²) < 4.78 is 0. The van der Waals surface area contributed by atoms with Crippen LogP contribution in [0.5, 0.6) is 0 Å². The molecule has 24 heavy (non-hydrogen) atoms. The third kappa shape index (κ3) is 2.66. The Bertz CT molecular complexity index is 573.